The Morgan fingerprint density at radius 1 is 0.375 bits per heavy atom. The number of hydrogen-bond donors (Lipinski definition) is 1. The molecule has 0 saturated heterocycles. The molecule has 0 spiro atoms. The minimum Gasteiger partial charge on any atom is -0.338 e. The van der Waals surface area contributed by atoms with E-state index in [-0.39, 0.29) is 0 Å². The van der Waals surface area contributed by atoms with Gasteiger partial charge in [0.15, 0.2) is 5.82 Å². The van der Waals surface area contributed by atoms with Gasteiger partial charge in [0.2, 0.25) is 0 Å². The minimum atomic E-state index is 0.726. The van der Waals surface area contributed by atoms with Crippen LogP contribution in [0, 0.1) is 0 Å². The van der Waals surface area contributed by atoms with Crippen molar-refractivity contribution in [3.63, 3.8) is 0 Å². The van der Waals surface area contributed by atoms with Crippen molar-refractivity contribution in [1.29, 1.82) is 0 Å². The maximum Gasteiger partial charge on any atom is 0.157 e. The van der Waals surface area contributed by atoms with Crippen LogP contribution in [0.15, 0.2) is 182 Å². The predicted octanol–water partition coefficient (Wildman–Crippen LogP) is 14.8. The van der Waals surface area contributed by atoms with Crippen LogP contribution in [0.5, 0.6) is 0 Å². The number of anilines is 2. The van der Waals surface area contributed by atoms with Crippen molar-refractivity contribution in [2.75, 3.05) is 5.32 Å². The lowest BCUT2D eigenvalue weighted by Gasteiger charge is -2.20. The maximum atomic E-state index is 5.54. The van der Waals surface area contributed by atoms with E-state index in [9.17, 15) is 0 Å². The molecule has 4 heteroatoms. The highest BCUT2D eigenvalue weighted by Gasteiger charge is 2.22. The van der Waals surface area contributed by atoms with Crippen molar-refractivity contribution in [1.82, 2.24) is 9.97 Å². The SMILES string of the molecule is c1ccc2c(-c3cccc4c5ccccc5c5ccccc5c34)c(Nc3nc4c(ccc5ccccc54)nc3-c3cccc4sc5ccccc5c34)ccc2c1. The van der Waals surface area contributed by atoms with Crippen molar-refractivity contribution < 1.29 is 0 Å². The Morgan fingerprint density at radius 2 is 0.929 bits per heavy atom. The standard InChI is InChI=1S/C52H31N3S/c1-3-15-33-31(13-1)27-29-43(48(33)41-23-11-22-39-37-18-6-5-17-35(37)36-19-7-8-20-38(36)47(39)41)54-52-51(53-44-30-28-32-14-2-4-16-34(32)50(44)55-52)42-24-12-26-46-49(42)40-21-9-10-25-45(40)56-46/h1-30H,(H,54,55). The van der Waals surface area contributed by atoms with Crippen LogP contribution in [0.1, 0.15) is 0 Å². The first-order valence-corrected chi connectivity index (χ1v) is 19.8. The summed E-state index contributed by atoms with van der Waals surface area (Å²) in [5.74, 6) is 0.726. The van der Waals surface area contributed by atoms with Crippen LogP contribution in [0.4, 0.5) is 11.5 Å². The van der Waals surface area contributed by atoms with Crippen LogP contribution in [0.25, 0.3) is 107 Å². The predicted molar refractivity (Wildman–Crippen MR) is 241 cm³/mol. The summed E-state index contributed by atoms with van der Waals surface area (Å²) in [6, 6.07) is 65.5. The molecule has 12 aromatic rings. The molecule has 0 atom stereocenters. The molecule has 0 bridgehead atoms. The summed E-state index contributed by atoms with van der Waals surface area (Å²) >= 11 is 1.82. The summed E-state index contributed by atoms with van der Waals surface area (Å²) in [5.41, 5.74) is 6.93. The van der Waals surface area contributed by atoms with E-state index in [2.05, 4.69) is 187 Å². The summed E-state index contributed by atoms with van der Waals surface area (Å²) in [7, 11) is 0. The molecule has 0 aliphatic carbocycles. The van der Waals surface area contributed by atoms with Crippen LogP contribution in [0.2, 0.25) is 0 Å². The van der Waals surface area contributed by atoms with Crippen LogP contribution in [-0.4, -0.2) is 9.97 Å². The highest BCUT2D eigenvalue weighted by molar-refractivity contribution is 7.25. The summed E-state index contributed by atoms with van der Waals surface area (Å²) in [4.78, 5) is 11.0. The molecule has 2 aromatic heterocycles. The molecule has 0 radical (unpaired) electrons. The summed E-state index contributed by atoms with van der Waals surface area (Å²) in [5, 5.41) is 18.5. The van der Waals surface area contributed by atoms with E-state index < -0.39 is 0 Å². The zero-order chi connectivity index (χ0) is 36.7. The van der Waals surface area contributed by atoms with E-state index in [4.69, 9.17) is 9.97 Å². The lowest BCUT2D eigenvalue weighted by molar-refractivity contribution is 1.29. The van der Waals surface area contributed by atoms with Gasteiger partial charge in [-0.25, -0.2) is 9.97 Å². The molecule has 260 valence electrons. The molecule has 56 heavy (non-hydrogen) atoms. The number of nitrogens with one attached hydrogen (secondary N) is 1. The molecule has 0 amide bonds. The fourth-order valence-corrected chi connectivity index (χ4v) is 10.1. The van der Waals surface area contributed by atoms with Gasteiger partial charge in [-0.15, -0.1) is 11.3 Å². The minimum absolute atomic E-state index is 0.726. The van der Waals surface area contributed by atoms with Gasteiger partial charge < -0.3 is 5.32 Å². The largest absolute Gasteiger partial charge is 0.338 e. The maximum absolute atomic E-state index is 5.54. The molecule has 0 aliphatic rings. The first kappa shape index (κ1) is 31.2. The van der Waals surface area contributed by atoms with Gasteiger partial charge in [-0.2, -0.15) is 0 Å². The van der Waals surface area contributed by atoms with Crippen LogP contribution < -0.4 is 5.32 Å². The Morgan fingerprint density at radius 3 is 1.71 bits per heavy atom. The molecular weight excluding hydrogens is 699 g/mol. The average Bonchev–Trinajstić information content (AvgIpc) is 3.65. The lowest BCUT2D eigenvalue weighted by Crippen LogP contribution is -2.02. The summed E-state index contributed by atoms with van der Waals surface area (Å²) in [6.07, 6.45) is 0. The third-order valence-corrected chi connectivity index (χ3v) is 12.6. The topological polar surface area (TPSA) is 37.8 Å². The molecule has 2 heterocycles. The van der Waals surface area contributed by atoms with Gasteiger partial charge in [0.25, 0.3) is 0 Å². The first-order chi connectivity index (χ1) is 27.8. The van der Waals surface area contributed by atoms with Crippen molar-refractivity contribution in [3.05, 3.63) is 182 Å². The number of hydrogen-bond acceptors (Lipinski definition) is 4. The summed E-state index contributed by atoms with van der Waals surface area (Å²) in [6.45, 7) is 0. The quantitative estimate of drug-likeness (QED) is 0.183. The fourth-order valence-electron chi connectivity index (χ4n) is 8.99. The lowest BCUT2D eigenvalue weighted by atomic mass is 9.87. The van der Waals surface area contributed by atoms with Crippen molar-refractivity contribution in [3.8, 4) is 22.4 Å². The van der Waals surface area contributed by atoms with Crippen LogP contribution in [0.3, 0.4) is 0 Å². The van der Waals surface area contributed by atoms with E-state index in [1.165, 1.54) is 68.8 Å². The number of nitrogens with zero attached hydrogens (tertiary/aromatic N) is 2. The number of thiophene rings is 1. The fraction of sp³-hybridized carbons (Fsp3) is 0. The van der Waals surface area contributed by atoms with Gasteiger partial charge in [0, 0.05) is 42.4 Å². The van der Waals surface area contributed by atoms with E-state index in [0.29, 0.717) is 0 Å². The summed E-state index contributed by atoms with van der Waals surface area (Å²) < 4.78 is 2.49. The van der Waals surface area contributed by atoms with E-state index in [0.717, 1.165) is 50.1 Å². The van der Waals surface area contributed by atoms with Crippen LogP contribution >= 0.6 is 11.3 Å². The Labute approximate surface area is 326 Å². The monoisotopic (exact) mass is 729 g/mol. The van der Waals surface area contributed by atoms with E-state index in [1.807, 2.05) is 11.3 Å². The van der Waals surface area contributed by atoms with Gasteiger partial charge in [0.05, 0.1) is 11.0 Å². The molecule has 3 nitrogen and oxygen atoms in total. The third-order valence-electron chi connectivity index (χ3n) is 11.4. The van der Waals surface area contributed by atoms with Crippen LogP contribution in [-0.2, 0) is 0 Å². The molecule has 1 N–H and O–H groups in total. The van der Waals surface area contributed by atoms with Gasteiger partial charge in [0.1, 0.15) is 5.69 Å². The normalized spacial score (nSPS) is 11.9. The van der Waals surface area contributed by atoms with Gasteiger partial charge in [-0.1, -0.05) is 158 Å². The highest BCUT2D eigenvalue weighted by Crippen LogP contribution is 2.47. The first-order valence-electron chi connectivity index (χ1n) is 19.0. The average molecular weight is 730 g/mol. The molecule has 0 unspecified atom stereocenters. The zero-order valence-corrected chi connectivity index (χ0v) is 30.9. The second-order valence-electron chi connectivity index (χ2n) is 14.5. The van der Waals surface area contributed by atoms with Gasteiger partial charge >= 0.3 is 0 Å². The Kier molecular flexibility index (Phi) is 6.80. The highest BCUT2D eigenvalue weighted by atomic mass is 32.1. The molecule has 12 rings (SSSR count). The number of fused-ring (bicyclic) bond motifs is 13. The zero-order valence-electron chi connectivity index (χ0n) is 30.1. The molecule has 0 saturated carbocycles. The molecule has 0 aliphatic heterocycles. The van der Waals surface area contributed by atoms with E-state index in [1.54, 1.807) is 0 Å². The van der Waals surface area contributed by atoms with Gasteiger partial charge in [-0.3, -0.25) is 0 Å². The second kappa shape index (κ2) is 12.2. The van der Waals surface area contributed by atoms with Crippen molar-refractivity contribution >= 4 is 108 Å². The smallest absolute Gasteiger partial charge is 0.157 e. The number of aromatic nitrogens is 2. The number of rotatable bonds is 4. The second-order valence-corrected chi connectivity index (χ2v) is 15.6. The van der Waals surface area contributed by atoms with Crippen molar-refractivity contribution in [2.45, 2.75) is 0 Å². The van der Waals surface area contributed by atoms with E-state index >= 15 is 0 Å². The molecular formula is C52H31N3S. The Hall–Kier alpha value is -7.14. The molecule has 10 aromatic carbocycles. The third kappa shape index (κ3) is 4.63. The number of benzene rings is 10. The Bertz CT molecular complexity index is 3540. The van der Waals surface area contributed by atoms with Gasteiger partial charge in [-0.05, 0) is 78.3 Å². The van der Waals surface area contributed by atoms with Crippen molar-refractivity contribution in [2.24, 2.45) is 0 Å². The molecule has 0 fully saturated rings. The Balaban J connectivity index is 1.18.